The van der Waals surface area contributed by atoms with Crippen LogP contribution in [0.25, 0.3) is 0 Å². The van der Waals surface area contributed by atoms with Gasteiger partial charge in [-0.3, -0.25) is 4.79 Å². The van der Waals surface area contributed by atoms with Crippen LogP contribution in [0.3, 0.4) is 0 Å². The molecule has 2 rings (SSSR count). The summed E-state index contributed by atoms with van der Waals surface area (Å²) in [6.07, 6.45) is 0. The summed E-state index contributed by atoms with van der Waals surface area (Å²) < 4.78 is 40.0. The van der Waals surface area contributed by atoms with E-state index in [0.717, 1.165) is 6.07 Å². The second-order valence-corrected chi connectivity index (χ2v) is 7.96. The Labute approximate surface area is 157 Å². The lowest BCUT2D eigenvalue weighted by Gasteiger charge is -2.20. The van der Waals surface area contributed by atoms with Crippen LogP contribution in [0.4, 0.5) is 10.1 Å². The number of amides is 1. The zero-order chi connectivity index (χ0) is 19.5. The Morgan fingerprint density at radius 1 is 1.15 bits per heavy atom. The summed E-state index contributed by atoms with van der Waals surface area (Å²) in [5.74, 6) is -1.05. The van der Waals surface area contributed by atoms with Crippen LogP contribution in [0.15, 0.2) is 41.3 Å². The number of carbonyl (C=O) groups excluding carboxylic acids is 1. The van der Waals surface area contributed by atoms with Gasteiger partial charge < -0.3 is 5.32 Å². The van der Waals surface area contributed by atoms with Gasteiger partial charge in [-0.2, -0.15) is 4.31 Å². The first kappa shape index (κ1) is 20.4. The molecule has 1 amide bonds. The first-order chi connectivity index (χ1) is 12.2. The highest BCUT2D eigenvalue weighted by atomic mass is 35.5. The molecule has 0 bridgehead atoms. The first-order valence-electron chi connectivity index (χ1n) is 8.07. The van der Waals surface area contributed by atoms with Gasteiger partial charge in [-0.25, -0.2) is 12.8 Å². The standard InChI is InChI=1S/C18H20ClFN2O3S/c1-4-22(5-2)26(24,25)17-10-13(7-6-12(17)3)18(23)21-16-9-8-14(20)11-15(16)19/h6-11H,4-5H2,1-3H3,(H,21,23). The number of hydrogen-bond donors (Lipinski definition) is 1. The lowest BCUT2D eigenvalue weighted by atomic mass is 10.1. The number of carbonyl (C=O) groups is 1. The minimum atomic E-state index is -3.70. The Balaban J connectivity index is 2.38. The van der Waals surface area contributed by atoms with Crippen molar-refractivity contribution in [2.24, 2.45) is 0 Å². The van der Waals surface area contributed by atoms with E-state index in [4.69, 9.17) is 11.6 Å². The Hall–Kier alpha value is -1.96. The maximum atomic E-state index is 13.1. The van der Waals surface area contributed by atoms with Crippen molar-refractivity contribution < 1.29 is 17.6 Å². The summed E-state index contributed by atoms with van der Waals surface area (Å²) in [7, 11) is -3.70. The number of nitrogens with zero attached hydrogens (tertiary/aromatic N) is 1. The molecule has 8 heteroatoms. The third-order valence-electron chi connectivity index (χ3n) is 3.95. The summed E-state index contributed by atoms with van der Waals surface area (Å²) in [5, 5.41) is 2.62. The van der Waals surface area contributed by atoms with Crippen molar-refractivity contribution >= 4 is 33.2 Å². The van der Waals surface area contributed by atoms with Crippen LogP contribution in [-0.4, -0.2) is 31.7 Å². The van der Waals surface area contributed by atoms with Crippen LogP contribution < -0.4 is 5.32 Å². The zero-order valence-electron chi connectivity index (χ0n) is 14.7. The van der Waals surface area contributed by atoms with Gasteiger partial charge in [0.25, 0.3) is 5.91 Å². The third kappa shape index (κ3) is 4.23. The Kier molecular flexibility index (Phi) is 6.39. The molecule has 0 atom stereocenters. The molecule has 140 valence electrons. The predicted octanol–water partition coefficient (Wildman–Crippen LogP) is 4.07. The fraction of sp³-hybridized carbons (Fsp3) is 0.278. The summed E-state index contributed by atoms with van der Waals surface area (Å²) >= 11 is 5.91. The lowest BCUT2D eigenvalue weighted by molar-refractivity contribution is 0.102. The van der Waals surface area contributed by atoms with E-state index in [1.165, 1.54) is 28.6 Å². The minimum absolute atomic E-state index is 0.0569. The number of anilines is 1. The van der Waals surface area contributed by atoms with Gasteiger partial charge in [0.05, 0.1) is 15.6 Å². The molecule has 26 heavy (non-hydrogen) atoms. The van der Waals surface area contributed by atoms with Crippen LogP contribution in [0.2, 0.25) is 5.02 Å². The molecule has 0 saturated heterocycles. The van der Waals surface area contributed by atoms with Crippen molar-refractivity contribution in [3.8, 4) is 0 Å². The molecule has 2 aromatic carbocycles. The van der Waals surface area contributed by atoms with Crippen molar-refractivity contribution in [1.82, 2.24) is 4.31 Å². The molecule has 0 aliphatic rings. The number of hydrogen-bond acceptors (Lipinski definition) is 3. The van der Waals surface area contributed by atoms with Crippen molar-refractivity contribution in [3.63, 3.8) is 0 Å². The second kappa shape index (κ2) is 8.16. The number of halogens is 2. The van der Waals surface area contributed by atoms with E-state index in [2.05, 4.69) is 5.32 Å². The Morgan fingerprint density at radius 2 is 1.81 bits per heavy atom. The van der Waals surface area contributed by atoms with Crippen LogP contribution in [-0.2, 0) is 10.0 Å². The van der Waals surface area contributed by atoms with Crippen LogP contribution >= 0.6 is 11.6 Å². The minimum Gasteiger partial charge on any atom is -0.321 e. The SMILES string of the molecule is CCN(CC)S(=O)(=O)c1cc(C(=O)Nc2ccc(F)cc2Cl)ccc1C. The van der Waals surface area contributed by atoms with E-state index < -0.39 is 21.7 Å². The van der Waals surface area contributed by atoms with Crippen molar-refractivity contribution in [2.45, 2.75) is 25.7 Å². The number of sulfonamides is 1. The molecule has 0 saturated carbocycles. The topological polar surface area (TPSA) is 66.5 Å². The summed E-state index contributed by atoms with van der Waals surface area (Å²) in [4.78, 5) is 12.6. The largest absolute Gasteiger partial charge is 0.321 e. The molecule has 0 aliphatic heterocycles. The lowest BCUT2D eigenvalue weighted by Crippen LogP contribution is -2.31. The van der Waals surface area contributed by atoms with Crippen molar-refractivity contribution in [3.05, 3.63) is 58.4 Å². The van der Waals surface area contributed by atoms with E-state index in [-0.39, 0.29) is 21.2 Å². The van der Waals surface area contributed by atoms with Crippen molar-refractivity contribution in [1.29, 1.82) is 0 Å². The summed E-state index contributed by atoms with van der Waals surface area (Å²) in [6, 6.07) is 8.06. The van der Waals surface area contributed by atoms with E-state index in [0.29, 0.717) is 18.7 Å². The van der Waals surface area contributed by atoms with E-state index >= 15 is 0 Å². The quantitative estimate of drug-likeness (QED) is 0.797. The highest BCUT2D eigenvalue weighted by Gasteiger charge is 2.24. The maximum absolute atomic E-state index is 13.1. The molecular formula is C18H20ClFN2O3S. The van der Waals surface area contributed by atoms with Crippen molar-refractivity contribution in [2.75, 3.05) is 18.4 Å². The van der Waals surface area contributed by atoms with Crippen LogP contribution in [0, 0.1) is 12.7 Å². The molecule has 0 unspecified atom stereocenters. The Bertz CT molecular complexity index is 928. The van der Waals surface area contributed by atoms with Gasteiger partial charge in [-0.15, -0.1) is 0 Å². The predicted molar refractivity (Wildman–Crippen MR) is 101 cm³/mol. The smallest absolute Gasteiger partial charge is 0.255 e. The highest BCUT2D eigenvalue weighted by Crippen LogP contribution is 2.25. The fourth-order valence-corrected chi connectivity index (χ4v) is 4.43. The first-order valence-corrected chi connectivity index (χ1v) is 9.89. The molecule has 1 N–H and O–H groups in total. The molecule has 0 fully saturated rings. The molecule has 0 radical (unpaired) electrons. The van der Waals surface area contributed by atoms with Gasteiger partial charge in [0.15, 0.2) is 0 Å². The zero-order valence-corrected chi connectivity index (χ0v) is 16.3. The van der Waals surface area contributed by atoms with E-state index in [9.17, 15) is 17.6 Å². The summed E-state index contributed by atoms with van der Waals surface area (Å²) in [6.45, 7) is 5.85. The van der Waals surface area contributed by atoms with Gasteiger partial charge in [0.1, 0.15) is 5.82 Å². The van der Waals surface area contributed by atoms with Gasteiger partial charge in [-0.1, -0.05) is 31.5 Å². The van der Waals surface area contributed by atoms with Crippen LogP contribution in [0.1, 0.15) is 29.8 Å². The molecule has 0 heterocycles. The molecule has 5 nitrogen and oxygen atoms in total. The van der Waals surface area contributed by atoms with Gasteiger partial charge in [0, 0.05) is 18.7 Å². The highest BCUT2D eigenvalue weighted by molar-refractivity contribution is 7.89. The maximum Gasteiger partial charge on any atom is 0.255 e. The fourth-order valence-electron chi connectivity index (χ4n) is 2.51. The Morgan fingerprint density at radius 3 is 2.38 bits per heavy atom. The monoisotopic (exact) mass is 398 g/mol. The number of benzene rings is 2. The van der Waals surface area contributed by atoms with E-state index in [1.54, 1.807) is 26.8 Å². The average Bonchev–Trinajstić information content (AvgIpc) is 2.58. The van der Waals surface area contributed by atoms with Gasteiger partial charge in [0.2, 0.25) is 10.0 Å². The van der Waals surface area contributed by atoms with E-state index in [1.807, 2.05) is 0 Å². The molecular weight excluding hydrogens is 379 g/mol. The number of nitrogens with one attached hydrogen (secondary N) is 1. The third-order valence-corrected chi connectivity index (χ3v) is 6.46. The van der Waals surface area contributed by atoms with Gasteiger partial charge >= 0.3 is 0 Å². The number of rotatable bonds is 6. The number of aryl methyl sites for hydroxylation is 1. The van der Waals surface area contributed by atoms with Gasteiger partial charge in [-0.05, 0) is 42.8 Å². The molecule has 0 aromatic heterocycles. The van der Waals surface area contributed by atoms with Crippen LogP contribution in [0.5, 0.6) is 0 Å². The molecule has 0 spiro atoms. The second-order valence-electron chi connectivity index (χ2n) is 5.65. The molecule has 2 aromatic rings. The summed E-state index contributed by atoms with van der Waals surface area (Å²) in [5.41, 5.74) is 0.960. The normalized spacial score (nSPS) is 11.6. The average molecular weight is 399 g/mol. The molecule has 0 aliphatic carbocycles.